The molecule has 3 nitrogen and oxygen atoms in total. The molecule has 150 valence electrons. The Hall–Kier alpha value is -2.27. The Kier molecular flexibility index (Phi) is 7.37. The highest BCUT2D eigenvalue weighted by Crippen LogP contribution is 2.28. The van der Waals surface area contributed by atoms with Crippen LogP contribution in [-0.4, -0.2) is 17.1 Å². The van der Waals surface area contributed by atoms with Crippen molar-refractivity contribution in [2.45, 2.75) is 20.0 Å². The Morgan fingerprint density at radius 3 is 2.31 bits per heavy atom. The third-order valence-electron chi connectivity index (χ3n) is 4.51. The van der Waals surface area contributed by atoms with Crippen molar-refractivity contribution in [1.82, 2.24) is 4.90 Å². The minimum Gasteiger partial charge on any atom is -0.495 e. The van der Waals surface area contributed by atoms with Gasteiger partial charge in [0, 0.05) is 28.7 Å². The van der Waals surface area contributed by atoms with Crippen molar-refractivity contribution in [3.05, 3.63) is 93.5 Å². The maximum atomic E-state index is 6.41. The first kappa shape index (κ1) is 21.4. The molecule has 3 aromatic rings. The topological polar surface area (TPSA) is 24.5 Å². The smallest absolute Gasteiger partial charge is 0.174 e. The van der Waals surface area contributed by atoms with E-state index < -0.39 is 0 Å². The molecule has 3 aromatic carbocycles. The maximum absolute atomic E-state index is 6.41. The molecular weight excluding hydrogens is 423 g/mol. The van der Waals surface area contributed by atoms with Gasteiger partial charge >= 0.3 is 0 Å². The Bertz CT molecular complexity index is 975. The molecular formula is C23H22Cl2N2OS. The van der Waals surface area contributed by atoms with E-state index in [0.29, 0.717) is 28.2 Å². The summed E-state index contributed by atoms with van der Waals surface area (Å²) in [7, 11) is 1.65. The lowest BCUT2D eigenvalue weighted by Crippen LogP contribution is -2.34. The molecule has 0 saturated carbocycles. The standard InChI is InChI=1S/C23H22Cl2N2OS/c1-16-11-12-21(22(13-16)28-2)26-23(29)27(14-17-7-4-3-5-8-17)15-18-19(24)9-6-10-20(18)25/h3-13H,14-15H2,1-2H3,(H,26,29). The van der Waals surface area contributed by atoms with Crippen LogP contribution in [0.15, 0.2) is 66.7 Å². The Balaban J connectivity index is 1.89. The second kappa shape index (κ2) is 9.97. The fourth-order valence-electron chi connectivity index (χ4n) is 2.97. The van der Waals surface area contributed by atoms with Gasteiger partial charge in [0.2, 0.25) is 0 Å². The molecule has 3 rings (SSSR count). The van der Waals surface area contributed by atoms with Crippen LogP contribution in [-0.2, 0) is 13.1 Å². The Labute approximate surface area is 187 Å². The summed E-state index contributed by atoms with van der Waals surface area (Å²) in [5, 5.41) is 5.11. The fraction of sp³-hybridized carbons (Fsp3) is 0.174. The molecule has 0 unspecified atom stereocenters. The van der Waals surface area contributed by atoms with E-state index in [9.17, 15) is 0 Å². The van der Waals surface area contributed by atoms with Gasteiger partial charge in [0.1, 0.15) is 5.75 Å². The van der Waals surface area contributed by atoms with Crippen molar-refractivity contribution in [1.29, 1.82) is 0 Å². The van der Waals surface area contributed by atoms with Gasteiger partial charge in [-0.05, 0) is 54.5 Å². The Morgan fingerprint density at radius 2 is 1.66 bits per heavy atom. The van der Waals surface area contributed by atoms with Crippen molar-refractivity contribution >= 4 is 46.2 Å². The third-order valence-corrected chi connectivity index (χ3v) is 5.58. The fourth-order valence-corrected chi connectivity index (χ4v) is 3.73. The van der Waals surface area contributed by atoms with Crippen LogP contribution in [0, 0.1) is 6.92 Å². The highest BCUT2D eigenvalue weighted by Gasteiger charge is 2.17. The molecule has 0 atom stereocenters. The van der Waals surface area contributed by atoms with Gasteiger partial charge in [-0.15, -0.1) is 0 Å². The first-order valence-electron chi connectivity index (χ1n) is 9.15. The number of nitrogens with one attached hydrogen (secondary N) is 1. The molecule has 0 aromatic heterocycles. The zero-order valence-electron chi connectivity index (χ0n) is 16.3. The van der Waals surface area contributed by atoms with Gasteiger partial charge in [-0.1, -0.05) is 65.7 Å². The molecule has 29 heavy (non-hydrogen) atoms. The molecule has 0 radical (unpaired) electrons. The molecule has 0 aliphatic rings. The number of rotatable bonds is 6. The summed E-state index contributed by atoms with van der Waals surface area (Å²) >= 11 is 18.6. The van der Waals surface area contributed by atoms with Crippen LogP contribution in [0.2, 0.25) is 10.0 Å². The van der Waals surface area contributed by atoms with Crippen molar-refractivity contribution in [2.24, 2.45) is 0 Å². The van der Waals surface area contributed by atoms with E-state index in [4.69, 9.17) is 40.2 Å². The van der Waals surface area contributed by atoms with Crippen LogP contribution in [0.3, 0.4) is 0 Å². The molecule has 0 saturated heterocycles. The highest BCUT2D eigenvalue weighted by molar-refractivity contribution is 7.80. The first-order valence-corrected chi connectivity index (χ1v) is 10.3. The van der Waals surface area contributed by atoms with E-state index in [2.05, 4.69) is 17.4 Å². The number of thiocarbonyl (C=S) groups is 1. The van der Waals surface area contributed by atoms with Crippen LogP contribution in [0.5, 0.6) is 5.75 Å². The molecule has 0 aliphatic carbocycles. The first-order chi connectivity index (χ1) is 14.0. The number of ether oxygens (including phenoxy) is 1. The number of hydrogen-bond acceptors (Lipinski definition) is 2. The van der Waals surface area contributed by atoms with E-state index in [0.717, 1.165) is 28.1 Å². The van der Waals surface area contributed by atoms with E-state index in [1.165, 1.54) is 0 Å². The molecule has 1 N–H and O–H groups in total. The lowest BCUT2D eigenvalue weighted by Gasteiger charge is -2.27. The van der Waals surface area contributed by atoms with Gasteiger partial charge in [-0.2, -0.15) is 0 Å². The molecule has 0 amide bonds. The summed E-state index contributed by atoms with van der Waals surface area (Å²) in [4.78, 5) is 2.04. The van der Waals surface area contributed by atoms with Gasteiger partial charge in [-0.25, -0.2) is 0 Å². The average Bonchev–Trinajstić information content (AvgIpc) is 2.72. The summed E-state index contributed by atoms with van der Waals surface area (Å²) in [5.74, 6) is 0.739. The van der Waals surface area contributed by atoms with Crippen LogP contribution in [0.25, 0.3) is 0 Å². The van der Waals surface area contributed by atoms with Crippen molar-refractivity contribution in [2.75, 3.05) is 12.4 Å². The number of anilines is 1. The normalized spacial score (nSPS) is 10.5. The lowest BCUT2D eigenvalue weighted by molar-refractivity contribution is 0.409. The van der Waals surface area contributed by atoms with Crippen molar-refractivity contribution < 1.29 is 4.74 Å². The number of halogens is 2. The van der Waals surface area contributed by atoms with Crippen molar-refractivity contribution in [3.63, 3.8) is 0 Å². The minimum absolute atomic E-state index is 0.480. The quantitative estimate of drug-likeness (QED) is 0.426. The number of benzene rings is 3. The van der Waals surface area contributed by atoms with Gasteiger partial charge in [0.25, 0.3) is 0 Å². The predicted octanol–water partition coefficient (Wildman–Crippen LogP) is 6.71. The average molecular weight is 445 g/mol. The molecule has 0 bridgehead atoms. The van der Waals surface area contributed by atoms with E-state index >= 15 is 0 Å². The summed E-state index contributed by atoms with van der Waals surface area (Å²) in [5.41, 5.74) is 3.90. The molecule has 6 heteroatoms. The van der Waals surface area contributed by atoms with Crippen LogP contribution < -0.4 is 10.1 Å². The number of methoxy groups -OCH3 is 1. The van der Waals surface area contributed by atoms with Gasteiger partial charge < -0.3 is 15.0 Å². The maximum Gasteiger partial charge on any atom is 0.174 e. The predicted molar refractivity (Wildman–Crippen MR) is 126 cm³/mol. The largest absolute Gasteiger partial charge is 0.495 e. The summed E-state index contributed by atoms with van der Waals surface area (Å²) in [6.07, 6.45) is 0. The monoisotopic (exact) mass is 444 g/mol. The van der Waals surface area contributed by atoms with E-state index in [-0.39, 0.29) is 0 Å². The minimum atomic E-state index is 0.480. The Morgan fingerprint density at radius 1 is 0.966 bits per heavy atom. The van der Waals surface area contributed by atoms with Crippen LogP contribution >= 0.6 is 35.4 Å². The molecule has 0 heterocycles. The zero-order valence-corrected chi connectivity index (χ0v) is 18.6. The summed E-state index contributed by atoms with van der Waals surface area (Å²) < 4.78 is 5.50. The zero-order chi connectivity index (χ0) is 20.8. The van der Waals surface area contributed by atoms with Gasteiger partial charge in [0.05, 0.1) is 12.8 Å². The second-order valence-corrected chi connectivity index (χ2v) is 7.88. The summed E-state index contributed by atoms with van der Waals surface area (Å²) in [6.45, 7) is 3.11. The van der Waals surface area contributed by atoms with E-state index in [1.54, 1.807) is 7.11 Å². The molecule has 0 spiro atoms. The number of aryl methyl sites for hydroxylation is 1. The summed E-state index contributed by atoms with van der Waals surface area (Å²) in [6, 6.07) is 21.6. The van der Waals surface area contributed by atoms with Crippen LogP contribution in [0.4, 0.5) is 5.69 Å². The van der Waals surface area contributed by atoms with Gasteiger partial charge in [0.15, 0.2) is 5.11 Å². The molecule has 0 fully saturated rings. The molecule has 0 aliphatic heterocycles. The van der Waals surface area contributed by atoms with E-state index in [1.807, 2.05) is 66.4 Å². The number of nitrogens with zero attached hydrogens (tertiary/aromatic N) is 1. The third kappa shape index (κ3) is 5.63. The highest BCUT2D eigenvalue weighted by atomic mass is 35.5. The van der Waals surface area contributed by atoms with Crippen LogP contribution in [0.1, 0.15) is 16.7 Å². The second-order valence-electron chi connectivity index (χ2n) is 6.68. The SMILES string of the molecule is COc1cc(C)ccc1NC(=S)N(Cc1ccccc1)Cc1c(Cl)cccc1Cl. The van der Waals surface area contributed by atoms with Gasteiger partial charge in [-0.3, -0.25) is 0 Å². The lowest BCUT2D eigenvalue weighted by atomic mass is 10.1. The number of hydrogen-bond donors (Lipinski definition) is 1. The van der Waals surface area contributed by atoms with Crippen molar-refractivity contribution in [3.8, 4) is 5.75 Å².